The molecule has 3 unspecified atom stereocenters. The summed E-state index contributed by atoms with van der Waals surface area (Å²) < 4.78 is 0. The Bertz CT molecular complexity index is 222. The number of rotatable bonds is 6. The van der Waals surface area contributed by atoms with Crippen LogP contribution in [-0.4, -0.2) is 41.6 Å². The molecule has 0 spiro atoms. The summed E-state index contributed by atoms with van der Waals surface area (Å²) in [6.07, 6.45) is 8.52. The Morgan fingerprint density at radius 2 is 2.12 bits per heavy atom. The maximum absolute atomic E-state index is 6.02. The van der Waals surface area contributed by atoms with Crippen molar-refractivity contribution in [2.75, 3.05) is 24.6 Å². The first-order chi connectivity index (χ1) is 8.36. The predicted octanol–water partition coefficient (Wildman–Crippen LogP) is 2.72. The molecule has 0 bridgehead atoms. The quantitative estimate of drug-likeness (QED) is 0.741. The summed E-state index contributed by atoms with van der Waals surface area (Å²) in [6.45, 7) is 4.41. The monoisotopic (exact) mass is 256 g/mol. The van der Waals surface area contributed by atoms with E-state index in [9.17, 15) is 0 Å². The fourth-order valence-corrected chi connectivity index (χ4v) is 4.46. The molecule has 3 heteroatoms. The van der Waals surface area contributed by atoms with Gasteiger partial charge in [-0.15, -0.1) is 0 Å². The van der Waals surface area contributed by atoms with Crippen LogP contribution in [0.3, 0.4) is 0 Å². The van der Waals surface area contributed by atoms with Crippen LogP contribution in [0.4, 0.5) is 0 Å². The number of hydrogen-bond donors (Lipinski definition) is 1. The number of hydrogen-bond acceptors (Lipinski definition) is 3. The summed E-state index contributed by atoms with van der Waals surface area (Å²) in [5, 5.41) is 0. The Kier molecular flexibility index (Phi) is 5.64. The zero-order valence-corrected chi connectivity index (χ0v) is 12.1. The van der Waals surface area contributed by atoms with Crippen LogP contribution < -0.4 is 5.73 Å². The van der Waals surface area contributed by atoms with Gasteiger partial charge in [-0.05, 0) is 56.1 Å². The average molecular weight is 256 g/mol. The number of nitrogens with zero attached hydrogens (tertiary/aromatic N) is 1. The molecule has 2 fully saturated rings. The van der Waals surface area contributed by atoms with Gasteiger partial charge in [0.1, 0.15) is 0 Å². The van der Waals surface area contributed by atoms with Crippen LogP contribution in [0.1, 0.15) is 45.4 Å². The molecule has 0 amide bonds. The fraction of sp³-hybridized carbons (Fsp3) is 1.00. The highest BCUT2D eigenvalue weighted by Gasteiger charge is 2.37. The molecule has 2 N–H and O–H groups in total. The summed E-state index contributed by atoms with van der Waals surface area (Å²) in [6, 6.07) is 1.53. The molecule has 0 aromatic rings. The Labute approximate surface area is 111 Å². The molecule has 3 atom stereocenters. The van der Waals surface area contributed by atoms with E-state index in [0.29, 0.717) is 6.04 Å². The van der Waals surface area contributed by atoms with Gasteiger partial charge in [-0.25, -0.2) is 0 Å². The summed E-state index contributed by atoms with van der Waals surface area (Å²) in [7, 11) is 0. The predicted molar refractivity (Wildman–Crippen MR) is 77.5 cm³/mol. The van der Waals surface area contributed by atoms with Crippen LogP contribution >= 0.6 is 11.8 Å². The van der Waals surface area contributed by atoms with Gasteiger partial charge in [0.2, 0.25) is 0 Å². The first-order valence-corrected chi connectivity index (χ1v) is 8.55. The van der Waals surface area contributed by atoms with Gasteiger partial charge in [-0.2, -0.15) is 11.8 Å². The van der Waals surface area contributed by atoms with Crippen LogP contribution in [0.5, 0.6) is 0 Å². The SMILES string of the molecule is CCSCCC(CN)N1CCCC2CCCC21. The van der Waals surface area contributed by atoms with Gasteiger partial charge in [0, 0.05) is 18.6 Å². The molecule has 1 heterocycles. The third kappa shape index (κ3) is 3.39. The van der Waals surface area contributed by atoms with Gasteiger partial charge in [0.25, 0.3) is 0 Å². The minimum absolute atomic E-state index is 0.653. The van der Waals surface area contributed by atoms with Gasteiger partial charge >= 0.3 is 0 Å². The molecule has 0 aromatic carbocycles. The topological polar surface area (TPSA) is 29.3 Å². The molecule has 0 radical (unpaired) electrons. The van der Waals surface area contributed by atoms with E-state index in [1.54, 1.807) is 0 Å². The molecule has 2 aliphatic rings. The summed E-state index contributed by atoms with van der Waals surface area (Å²) in [5.74, 6) is 3.52. The normalized spacial score (nSPS) is 31.4. The second kappa shape index (κ2) is 7.01. The van der Waals surface area contributed by atoms with Crippen LogP contribution in [0.2, 0.25) is 0 Å². The molecule has 2 nitrogen and oxygen atoms in total. The van der Waals surface area contributed by atoms with Crippen molar-refractivity contribution in [3.63, 3.8) is 0 Å². The van der Waals surface area contributed by atoms with Crippen molar-refractivity contribution in [1.29, 1.82) is 0 Å². The van der Waals surface area contributed by atoms with E-state index >= 15 is 0 Å². The second-order valence-corrected chi connectivity index (χ2v) is 6.91. The highest BCUT2D eigenvalue weighted by Crippen LogP contribution is 2.38. The Morgan fingerprint density at radius 3 is 2.88 bits per heavy atom. The van der Waals surface area contributed by atoms with Gasteiger partial charge in [0.15, 0.2) is 0 Å². The smallest absolute Gasteiger partial charge is 0.0229 e. The highest BCUT2D eigenvalue weighted by atomic mass is 32.2. The third-order valence-electron chi connectivity index (χ3n) is 4.58. The zero-order chi connectivity index (χ0) is 12.1. The maximum atomic E-state index is 6.02. The second-order valence-electron chi connectivity index (χ2n) is 5.51. The Hall–Kier alpha value is 0.270. The lowest BCUT2D eigenvalue weighted by molar-refractivity contribution is 0.0692. The third-order valence-corrected chi connectivity index (χ3v) is 5.51. The standard InChI is InChI=1S/C14H28N2S/c1-2-17-10-8-13(11-15)16-9-4-6-12-5-3-7-14(12)16/h12-14H,2-11,15H2,1H3. The average Bonchev–Trinajstić information content (AvgIpc) is 2.83. The number of likely N-dealkylation sites (tertiary alicyclic amines) is 1. The number of fused-ring (bicyclic) bond motifs is 1. The van der Waals surface area contributed by atoms with Crippen molar-refractivity contribution in [2.45, 2.75) is 57.5 Å². The molecule has 1 aliphatic carbocycles. The zero-order valence-electron chi connectivity index (χ0n) is 11.2. The van der Waals surface area contributed by atoms with E-state index in [0.717, 1.165) is 18.5 Å². The van der Waals surface area contributed by atoms with Crippen molar-refractivity contribution >= 4 is 11.8 Å². The van der Waals surface area contributed by atoms with E-state index in [1.165, 1.54) is 56.6 Å². The summed E-state index contributed by atoms with van der Waals surface area (Å²) >= 11 is 2.06. The van der Waals surface area contributed by atoms with E-state index in [1.807, 2.05) is 0 Å². The van der Waals surface area contributed by atoms with Gasteiger partial charge < -0.3 is 5.73 Å². The lowest BCUT2D eigenvalue weighted by atomic mass is 9.90. The van der Waals surface area contributed by atoms with Crippen molar-refractivity contribution < 1.29 is 0 Å². The van der Waals surface area contributed by atoms with Crippen LogP contribution in [0.15, 0.2) is 0 Å². The summed E-state index contributed by atoms with van der Waals surface area (Å²) in [4.78, 5) is 2.78. The van der Waals surface area contributed by atoms with Crippen molar-refractivity contribution in [3.05, 3.63) is 0 Å². The molecule has 1 saturated carbocycles. The summed E-state index contributed by atoms with van der Waals surface area (Å²) in [5.41, 5.74) is 6.02. The van der Waals surface area contributed by atoms with Crippen LogP contribution in [-0.2, 0) is 0 Å². The minimum Gasteiger partial charge on any atom is -0.329 e. The fourth-order valence-electron chi connectivity index (χ4n) is 3.73. The molecule has 100 valence electrons. The molecular weight excluding hydrogens is 228 g/mol. The molecule has 1 saturated heterocycles. The van der Waals surface area contributed by atoms with Crippen LogP contribution in [0, 0.1) is 5.92 Å². The van der Waals surface area contributed by atoms with Crippen molar-refractivity contribution in [2.24, 2.45) is 11.7 Å². The minimum atomic E-state index is 0.653. The van der Waals surface area contributed by atoms with E-state index in [2.05, 4.69) is 23.6 Å². The molecule has 1 aliphatic heterocycles. The Balaban J connectivity index is 1.88. The molecule has 2 rings (SSSR count). The van der Waals surface area contributed by atoms with Gasteiger partial charge in [-0.3, -0.25) is 4.90 Å². The number of thioether (sulfide) groups is 1. The van der Waals surface area contributed by atoms with E-state index in [-0.39, 0.29) is 0 Å². The van der Waals surface area contributed by atoms with E-state index < -0.39 is 0 Å². The molecular formula is C14H28N2S. The first kappa shape index (κ1) is 13.7. The highest BCUT2D eigenvalue weighted by molar-refractivity contribution is 7.99. The van der Waals surface area contributed by atoms with Crippen molar-refractivity contribution in [1.82, 2.24) is 4.90 Å². The van der Waals surface area contributed by atoms with Crippen LogP contribution in [0.25, 0.3) is 0 Å². The number of nitrogens with two attached hydrogens (primary N) is 1. The van der Waals surface area contributed by atoms with Gasteiger partial charge in [-0.1, -0.05) is 13.3 Å². The van der Waals surface area contributed by atoms with Gasteiger partial charge in [0.05, 0.1) is 0 Å². The van der Waals surface area contributed by atoms with Crippen molar-refractivity contribution in [3.8, 4) is 0 Å². The number of piperidine rings is 1. The Morgan fingerprint density at radius 1 is 1.29 bits per heavy atom. The maximum Gasteiger partial charge on any atom is 0.0229 e. The molecule has 0 aromatic heterocycles. The lowest BCUT2D eigenvalue weighted by Crippen LogP contribution is -2.51. The first-order valence-electron chi connectivity index (χ1n) is 7.40. The largest absolute Gasteiger partial charge is 0.329 e. The lowest BCUT2D eigenvalue weighted by Gasteiger charge is -2.42. The van der Waals surface area contributed by atoms with E-state index in [4.69, 9.17) is 5.73 Å². The molecule has 17 heavy (non-hydrogen) atoms.